The second-order valence-corrected chi connectivity index (χ2v) is 5.74. The van der Waals surface area contributed by atoms with Crippen LogP contribution in [0.2, 0.25) is 0 Å². The molecule has 2 aromatic rings. The lowest BCUT2D eigenvalue weighted by atomic mass is 9.91. The highest BCUT2D eigenvalue weighted by Gasteiger charge is 2.25. The van der Waals surface area contributed by atoms with Gasteiger partial charge in [-0.15, -0.1) is 11.6 Å². The highest BCUT2D eigenvalue weighted by molar-refractivity contribution is 6.18. The molecule has 0 bridgehead atoms. The summed E-state index contributed by atoms with van der Waals surface area (Å²) in [6, 6.07) is 8.89. The molecule has 4 nitrogen and oxygen atoms in total. The lowest BCUT2D eigenvalue weighted by molar-refractivity contribution is 0.0975. The maximum atomic E-state index is 13.0. The molecule has 0 aliphatic carbocycles. The number of methoxy groups -OCH3 is 3. The molecule has 0 saturated carbocycles. The fourth-order valence-corrected chi connectivity index (χ4v) is 2.91. The lowest BCUT2D eigenvalue weighted by Gasteiger charge is -2.21. The van der Waals surface area contributed by atoms with Crippen molar-refractivity contribution in [3.8, 4) is 17.2 Å². The summed E-state index contributed by atoms with van der Waals surface area (Å²) < 4.78 is 29.1. The van der Waals surface area contributed by atoms with Crippen molar-refractivity contribution in [1.82, 2.24) is 0 Å². The van der Waals surface area contributed by atoms with Crippen LogP contribution in [0.15, 0.2) is 36.4 Å². The third-order valence-corrected chi connectivity index (χ3v) is 4.32. The van der Waals surface area contributed by atoms with Crippen LogP contribution in [-0.2, 0) is 0 Å². The molecule has 0 spiro atoms. The number of ketones is 1. The van der Waals surface area contributed by atoms with E-state index in [1.54, 1.807) is 19.2 Å². The van der Waals surface area contributed by atoms with E-state index < -0.39 is 0 Å². The van der Waals surface area contributed by atoms with E-state index in [2.05, 4.69) is 0 Å². The number of halogens is 2. The van der Waals surface area contributed by atoms with E-state index in [1.807, 2.05) is 0 Å². The summed E-state index contributed by atoms with van der Waals surface area (Å²) in [5.74, 6) is 1.01. The zero-order valence-electron chi connectivity index (χ0n) is 14.3. The van der Waals surface area contributed by atoms with Crippen molar-refractivity contribution < 1.29 is 23.4 Å². The van der Waals surface area contributed by atoms with Crippen molar-refractivity contribution in [1.29, 1.82) is 0 Å². The van der Waals surface area contributed by atoms with Crippen LogP contribution in [0.25, 0.3) is 0 Å². The molecule has 0 saturated heterocycles. The first kappa shape index (κ1) is 19.1. The maximum Gasteiger partial charge on any atom is 0.163 e. The summed E-state index contributed by atoms with van der Waals surface area (Å²) in [6.07, 6.45) is 0.147. The number of carbonyl (C=O) groups excluding carboxylic acids is 1. The summed E-state index contributed by atoms with van der Waals surface area (Å²) in [5, 5.41) is 0. The smallest absolute Gasteiger partial charge is 0.163 e. The van der Waals surface area contributed by atoms with Gasteiger partial charge in [-0.1, -0.05) is 0 Å². The van der Waals surface area contributed by atoms with Gasteiger partial charge in [0.15, 0.2) is 5.78 Å². The Balaban J connectivity index is 2.36. The summed E-state index contributed by atoms with van der Waals surface area (Å²) in [5.41, 5.74) is 1.14. The second-order valence-electron chi connectivity index (χ2n) is 5.43. The molecule has 0 aliphatic rings. The highest BCUT2D eigenvalue weighted by Crippen LogP contribution is 2.41. The van der Waals surface area contributed by atoms with Gasteiger partial charge in [-0.25, -0.2) is 4.39 Å². The standard InChI is InChI=1S/C19H20ClFO4/c1-23-15-9-17(24-2)19(18(10-15)25-3)13(11-20)8-16(22)12-4-6-14(21)7-5-12/h4-7,9-10,13H,8,11H2,1-3H3. The minimum absolute atomic E-state index is 0.134. The molecule has 0 fully saturated rings. The van der Waals surface area contributed by atoms with Crippen molar-refractivity contribution in [2.45, 2.75) is 12.3 Å². The summed E-state index contributed by atoms with van der Waals surface area (Å²) in [4.78, 5) is 12.5. The SMILES string of the molecule is COc1cc(OC)c(C(CCl)CC(=O)c2ccc(F)cc2)c(OC)c1. The fourth-order valence-electron chi connectivity index (χ4n) is 2.65. The molecule has 0 aliphatic heterocycles. The normalized spacial score (nSPS) is 11.7. The Morgan fingerprint density at radius 1 is 1.04 bits per heavy atom. The molecule has 1 atom stereocenters. The zero-order valence-corrected chi connectivity index (χ0v) is 15.1. The molecule has 0 N–H and O–H groups in total. The molecule has 0 aromatic heterocycles. The number of Topliss-reactive ketones (excluding diaryl/α,β-unsaturated/α-hetero) is 1. The van der Waals surface area contributed by atoms with Gasteiger partial charge < -0.3 is 14.2 Å². The first-order valence-electron chi connectivity index (χ1n) is 7.68. The van der Waals surface area contributed by atoms with Gasteiger partial charge in [-0.3, -0.25) is 4.79 Å². The number of hydrogen-bond donors (Lipinski definition) is 0. The summed E-state index contributed by atoms with van der Waals surface area (Å²) in [7, 11) is 4.61. The predicted molar refractivity (Wildman–Crippen MR) is 94.9 cm³/mol. The molecule has 1 unspecified atom stereocenters. The van der Waals surface area contributed by atoms with Gasteiger partial charge in [0.05, 0.1) is 21.3 Å². The van der Waals surface area contributed by atoms with Gasteiger partial charge in [0.25, 0.3) is 0 Å². The van der Waals surface area contributed by atoms with E-state index in [9.17, 15) is 9.18 Å². The Kier molecular flexibility index (Phi) is 6.65. The lowest BCUT2D eigenvalue weighted by Crippen LogP contribution is -2.12. The van der Waals surface area contributed by atoms with Crippen LogP contribution in [-0.4, -0.2) is 33.0 Å². The van der Waals surface area contributed by atoms with Crippen LogP contribution in [0.5, 0.6) is 17.2 Å². The van der Waals surface area contributed by atoms with Crippen molar-refractivity contribution in [2.24, 2.45) is 0 Å². The molecule has 2 aromatic carbocycles. The molecule has 2 rings (SSSR count). The average Bonchev–Trinajstić information content (AvgIpc) is 2.65. The number of carbonyl (C=O) groups is 1. The molecule has 25 heavy (non-hydrogen) atoms. The minimum atomic E-state index is -0.385. The van der Waals surface area contributed by atoms with E-state index in [4.69, 9.17) is 25.8 Å². The third-order valence-electron chi connectivity index (χ3n) is 3.95. The monoisotopic (exact) mass is 366 g/mol. The highest BCUT2D eigenvalue weighted by atomic mass is 35.5. The summed E-state index contributed by atoms with van der Waals surface area (Å²) >= 11 is 6.14. The van der Waals surface area contributed by atoms with Gasteiger partial charge in [0, 0.05) is 41.5 Å². The van der Waals surface area contributed by atoms with Crippen LogP contribution < -0.4 is 14.2 Å². The second kappa shape index (κ2) is 8.72. The predicted octanol–water partition coefficient (Wildman–Crippen LogP) is 4.45. The van der Waals surface area contributed by atoms with E-state index in [-0.39, 0.29) is 29.8 Å². The van der Waals surface area contributed by atoms with Crippen LogP contribution >= 0.6 is 11.6 Å². The number of rotatable bonds is 8. The minimum Gasteiger partial charge on any atom is -0.496 e. The van der Waals surface area contributed by atoms with Gasteiger partial charge in [0.1, 0.15) is 23.1 Å². The Labute approximate surface area is 151 Å². The first-order valence-corrected chi connectivity index (χ1v) is 8.22. The molecule has 0 radical (unpaired) electrons. The number of ether oxygens (including phenoxy) is 3. The van der Waals surface area contributed by atoms with Crippen molar-refractivity contribution in [2.75, 3.05) is 27.2 Å². The van der Waals surface area contributed by atoms with Crippen molar-refractivity contribution in [3.05, 3.63) is 53.3 Å². The van der Waals surface area contributed by atoms with Gasteiger partial charge in [0.2, 0.25) is 0 Å². The van der Waals surface area contributed by atoms with Crippen molar-refractivity contribution >= 4 is 17.4 Å². The van der Waals surface area contributed by atoms with E-state index in [0.29, 0.717) is 28.4 Å². The number of hydrogen-bond acceptors (Lipinski definition) is 4. The molecule has 6 heteroatoms. The first-order chi connectivity index (χ1) is 12.0. The Hall–Kier alpha value is -2.27. The molecule has 134 valence electrons. The molecular weight excluding hydrogens is 347 g/mol. The van der Waals surface area contributed by atoms with Crippen molar-refractivity contribution in [3.63, 3.8) is 0 Å². The molecule has 0 heterocycles. The summed E-state index contributed by atoms with van der Waals surface area (Å²) in [6.45, 7) is 0. The Bertz CT molecular complexity index is 706. The van der Waals surface area contributed by atoms with Crippen LogP contribution in [0.4, 0.5) is 4.39 Å². The fraction of sp³-hybridized carbons (Fsp3) is 0.316. The van der Waals surface area contributed by atoms with E-state index in [1.165, 1.54) is 38.5 Å². The van der Waals surface area contributed by atoms with Crippen LogP contribution in [0.1, 0.15) is 28.3 Å². The van der Waals surface area contributed by atoms with Gasteiger partial charge in [-0.05, 0) is 24.3 Å². The molecular formula is C19H20ClFO4. The van der Waals surface area contributed by atoms with Crippen LogP contribution in [0, 0.1) is 5.82 Å². The van der Waals surface area contributed by atoms with Crippen LogP contribution in [0.3, 0.4) is 0 Å². The van der Waals surface area contributed by atoms with E-state index in [0.717, 1.165) is 0 Å². The molecule has 0 amide bonds. The topological polar surface area (TPSA) is 44.8 Å². The average molecular weight is 367 g/mol. The Morgan fingerprint density at radius 3 is 2.04 bits per heavy atom. The number of benzene rings is 2. The Morgan fingerprint density at radius 2 is 1.60 bits per heavy atom. The number of alkyl halides is 1. The zero-order chi connectivity index (χ0) is 18.4. The largest absolute Gasteiger partial charge is 0.496 e. The van der Waals surface area contributed by atoms with Gasteiger partial charge >= 0.3 is 0 Å². The maximum absolute atomic E-state index is 13.0. The van der Waals surface area contributed by atoms with Gasteiger partial charge in [-0.2, -0.15) is 0 Å². The quantitative estimate of drug-likeness (QED) is 0.511. The van der Waals surface area contributed by atoms with E-state index >= 15 is 0 Å². The third kappa shape index (κ3) is 4.42.